The summed E-state index contributed by atoms with van der Waals surface area (Å²) < 4.78 is 1.95. The molecule has 140 valence electrons. The summed E-state index contributed by atoms with van der Waals surface area (Å²) in [5.41, 5.74) is 3.09. The third kappa shape index (κ3) is 3.81. The van der Waals surface area contributed by atoms with E-state index < -0.39 is 0 Å². The number of thioether (sulfide) groups is 1. The van der Waals surface area contributed by atoms with Crippen molar-refractivity contribution in [3.05, 3.63) is 60.7 Å². The van der Waals surface area contributed by atoms with Crippen LogP contribution in [0, 0.1) is 0 Å². The number of hydrogen-bond donors (Lipinski definition) is 2. The van der Waals surface area contributed by atoms with E-state index in [9.17, 15) is 9.59 Å². The Hall–Kier alpha value is -3.39. The van der Waals surface area contributed by atoms with Gasteiger partial charge in [-0.1, -0.05) is 30.0 Å². The number of fused-ring (bicyclic) bond motifs is 3. The minimum atomic E-state index is -0.144. The van der Waals surface area contributed by atoms with Gasteiger partial charge in [-0.05, 0) is 47.9 Å². The van der Waals surface area contributed by atoms with Crippen molar-refractivity contribution in [2.24, 2.45) is 0 Å². The highest BCUT2D eigenvalue weighted by atomic mass is 32.2. The summed E-state index contributed by atoms with van der Waals surface area (Å²) in [6.45, 7) is 1.45. The number of carbonyl (C=O) groups is 2. The van der Waals surface area contributed by atoms with E-state index in [1.54, 1.807) is 24.3 Å². The Bertz CT molecular complexity index is 1170. The third-order valence-electron chi connectivity index (χ3n) is 4.07. The molecule has 2 amide bonds. The van der Waals surface area contributed by atoms with Crippen molar-refractivity contribution in [3.63, 3.8) is 0 Å². The Kier molecular flexibility index (Phi) is 4.94. The van der Waals surface area contributed by atoms with Gasteiger partial charge >= 0.3 is 0 Å². The first kappa shape index (κ1) is 18.0. The summed E-state index contributed by atoms with van der Waals surface area (Å²) in [5.74, 6) is -0.0761. The molecule has 2 aromatic heterocycles. The second-order valence-electron chi connectivity index (χ2n) is 6.16. The fourth-order valence-corrected chi connectivity index (χ4v) is 3.62. The third-order valence-corrected chi connectivity index (χ3v) is 5.00. The molecule has 0 saturated heterocycles. The summed E-state index contributed by atoms with van der Waals surface area (Å²) in [4.78, 5) is 23.4. The topological polar surface area (TPSA) is 88.4 Å². The van der Waals surface area contributed by atoms with Crippen LogP contribution in [0.5, 0.6) is 0 Å². The molecule has 2 N–H and O–H groups in total. The normalized spacial score (nSPS) is 10.9. The van der Waals surface area contributed by atoms with Crippen LogP contribution in [-0.4, -0.2) is 32.2 Å². The number of anilines is 2. The monoisotopic (exact) mass is 391 g/mol. The summed E-state index contributed by atoms with van der Waals surface area (Å²) in [5, 5.41) is 15.7. The van der Waals surface area contributed by atoms with Crippen LogP contribution in [0.2, 0.25) is 0 Å². The predicted octanol–water partition coefficient (Wildman–Crippen LogP) is 3.57. The van der Waals surface area contributed by atoms with E-state index in [0.29, 0.717) is 16.5 Å². The smallest absolute Gasteiger partial charge is 0.234 e. The molecular formula is C20H17N5O2S. The lowest BCUT2D eigenvalue weighted by Crippen LogP contribution is -2.14. The fourth-order valence-electron chi connectivity index (χ4n) is 2.87. The number of carbonyl (C=O) groups excluding carboxylic acids is 2. The molecular weight excluding hydrogens is 374 g/mol. The lowest BCUT2D eigenvalue weighted by Gasteiger charge is -2.07. The molecule has 0 aliphatic rings. The zero-order chi connectivity index (χ0) is 19.5. The molecule has 0 aliphatic carbocycles. The maximum atomic E-state index is 12.3. The molecule has 28 heavy (non-hydrogen) atoms. The highest BCUT2D eigenvalue weighted by Gasteiger charge is 2.12. The van der Waals surface area contributed by atoms with E-state index in [4.69, 9.17) is 0 Å². The maximum Gasteiger partial charge on any atom is 0.234 e. The fraction of sp³-hybridized carbons (Fsp3) is 0.100. The highest BCUT2D eigenvalue weighted by molar-refractivity contribution is 7.99. The van der Waals surface area contributed by atoms with Gasteiger partial charge in [0.1, 0.15) is 0 Å². The minimum Gasteiger partial charge on any atom is -0.326 e. The molecule has 0 unspecified atom stereocenters. The highest BCUT2D eigenvalue weighted by Crippen LogP contribution is 2.23. The van der Waals surface area contributed by atoms with Gasteiger partial charge in [0.05, 0.1) is 11.3 Å². The predicted molar refractivity (Wildman–Crippen MR) is 111 cm³/mol. The standard InChI is InChI=1S/C20H17N5O2S/c1-13(26)21-15-7-9-16(10-8-15)22-19(27)12-28-20-24-23-18-11-6-14-4-2-3-5-17(14)25(18)20/h2-11H,12H2,1H3,(H,21,26)(H,22,27). The molecule has 4 aromatic rings. The first-order chi connectivity index (χ1) is 13.6. The minimum absolute atomic E-state index is 0.138. The van der Waals surface area contributed by atoms with Gasteiger partial charge in [0, 0.05) is 18.3 Å². The zero-order valence-corrected chi connectivity index (χ0v) is 15.9. The molecule has 7 nitrogen and oxygen atoms in total. The molecule has 0 bridgehead atoms. The van der Waals surface area contributed by atoms with Crippen LogP contribution in [0.4, 0.5) is 11.4 Å². The van der Waals surface area contributed by atoms with Crippen LogP contribution in [0.15, 0.2) is 65.8 Å². The van der Waals surface area contributed by atoms with Crippen LogP contribution < -0.4 is 10.6 Å². The number of pyridine rings is 1. The molecule has 0 spiro atoms. The van der Waals surface area contributed by atoms with Crippen LogP contribution in [0.25, 0.3) is 16.6 Å². The molecule has 2 aromatic carbocycles. The Morgan fingerprint density at radius 1 is 0.929 bits per heavy atom. The van der Waals surface area contributed by atoms with Gasteiger partial charge in [-0.25, -0.2) is 0 Å². The second kappa shape index (κ2) is 7.69. The van der Waals surface area contributed by atoms with E-state index in [1.165, 1.54) is 18.7 Å². The Balaban J connectivity index is 1.45. The Morgan fingerprint density at radius 2 is 1.64 bits per heavy atom. The number of benzene rings is 2. The quantitative estimate of drug-likeness (QED) is 0.508. The molecule has 0 aliphatic heterocycles. The van der Waals surface area contributed by atoms with Gasteiger partial charge in [-0.2, -0.15) is 0 Å². The van der Waals surface area contributed by atoms with E-state index in [1.807, 2.05) is 40.8 Å². The van der Waals surface area contributed by atoms with E-state index >= 15 is 0 Å². The van der Waals surface area contributed by atoms with Crippen molar-refractivity contribution >= 4 is 51.5 Å². The Labute approximate surface area is 165 Å². The van der Waals surface area contributed by atoms with Crippen LogP contribution in [-0.2, 0) is 9.59 Å². The van der Waals surface area contributed by atoms with Crippen LogP contribution in [0.1, 0.15) is 6.92 Å². The molecule has 8 heteroatoms. The van der Waals surface area contributed by atoms with E-state index in [2.05, 4.69) is 20.8 Å². The maximum absolute atomic E-state index is 12.3. The molecule has 0 saturated carbocycles. The number of aromatic nitrogens is 3. The van der Waals surface area contributed by atoms with Crippen LogP contribution >= 0.6 is 11.8 Å². The van der Waals surface area contributed by atoms with Crippen LogP contribution in [0.3, 0.4) is 0 Å². The lowest BCUT2D eigenvalue weighted by atomic mass is 10.2. The molecule has 2 heterocycles. The molecule has 0 atom stereocenters. The summed E-state index contributed by atoms with van der Waals surface area (Å²) in [7, 11) is 0. The molecule has 0 fully saturated rings. The lowest BCUT2D eigenvalue weighted by molar-refractivity contribution is -0.114. The summed E-state index contributed by atoms with van der Waals surface area (Å²) in [6, 6.07) is 18.9. The second-order valence-corrected chi connectivity index (χ2v) is 7.11. The largest absolute Gasteiger partial charge is 0.326 e. The summed E-state index contributed by atoms with van der Waals surface area (Å²) in [6.07, 6.45) is 0. The van der Waals surface area contributed by atoms with Gasteiger partial charge in [0.2, 0.25) is 11.8 Å². The Morgan fingerprint density at radius 3 is 2.39 bits per heavy atom. The van der Waals surface area contributed by atoms with Gasteiger partial charge < -0.3 is 10.6 Å². The average molecular weight is 391 g/mol. The number of hydrogen-bond acceptors (Lipinski definition) is 5. The van der Waals surface area contributed by atoms with E-state index in [-0.39, 0.29) is 17.6 Å². The van der Waals surface area contributed by atoms with Gasteiger partial charge in [0.25, 0.3) is 0 Å². The number of nitrogens with zero attached hydrogens (tertiary/aromatic N) is 3. The van der Waals surface area contributed by atoms with Gasteiger partial charge in [-0.3, -0.25) is 14.0 Å². The molecule has 4 rings (SSSR count). The molecule has 0 radical (unpaired) electrons. The van der Waals surface area contributed by atoms with E-state index in [0.717, 1.165) is 16.6 Å². The number of rotatable bonds is 5. The van der Waals surface area contributed by atoms with Gasteiger partial charge in [0.15, 0.2) is 10.8 Å². The number of para-hydroxylation sites is 1. The number of amides is 2. The van der Waals surface area contributed by atoms with Crippen molar-refractivity contribution < 1.29 is 9.59 Å². The zero-order valence-electron chi connectivity index (χ0n) is 15.0. The van der Waals surface area contributed by atoms with Crippen molar-refractivity contribution in [2.75, 3.05) is 16.4 Å². The van der Waals surface area contributed by atoms with Gasteiger partial charge in [-0.15, -0.1) is 10.2 Å². The van der Waals surface area contributed by atoms with Crippen molar-refractivity contribution in [3.8, 4) is 0 Å². The first-order valence-corrected chi connectivity index (χ1v) is 9.62. The average Bonchev–Trinajstić information content (AvgIpc) is 3.11. The number of nitrogens with one attached hydrogen (secondary N) is 2. The SMILES string of the molecule is CC(=O)Nc1ccc(NC(=O)CSc2nnc3ccc4ccccc4n23)cc1. The first-order valence-electron chi connectivity index (χ1n) is 8.63. The van der Waals surface area contributed by atoms with Crippen molar-refractivity contribution in [2.45, 2.75) is 12.1 Å². The summed E-state index contributed by atoms with van der Waals surface area (Å²) >= 11 is 1.33. The van der Waals surface area contributed by atoms with Crippen molar-refractivity contribution in [1.82, 2.24) is 14.6 Å². The van der Waals surface area contributed by atoms with Crippen molar-refractivity contribution in [1.29, 1.82) is 0 Å².